The zero-order valence-electron chi connectivity index (χ0n) is 12.5. The first-order valence-corrected chi connectivity index (χ1v) is 7.35. The molecule has 0 saturated heterocycles. The van der Waals surface area contributed by atoms with Gasteiger partial charge in [0.1, 0.15) is 11.6 Å². The minimum absolute atomic E-state index is 0.107. The van der Waals surface area contributed by atoms with Crippen LogP contribution in [0, 0.1) is 18.6 Å². The van der Waals surface area contributed by atoms with Gasteiger partial charge in [0.05, 0.1) is 0 Å². The summed E-state index contributed by atoms with van der Waals surface area (Å²) in [5, 5.41) is 3.38. The predicted octanol–water partition coefficient (Wildman–Crippen LogP) is 4.56. The van der Waals surface area contributed by atoms with E-state index in [-0.39, 0.29) is 11.6 Å². The highest BCUT2D eigenvalue weighted by Crippen LogP contribution is 2.23. The monoisotopic (exact) mass is 289 g/mol. The largest absolute Gasteiger partial charge is 0.310 e. The minimum Gasteiger partial charge on any atom is -0.310 e. The number of hydrogen-bond donors (Lipinski definition) is 1. The highest BCUT2D eigenvalue weighted by atomic mass is 19.1. The van der Waals surface area contributed by atoms with Crippen LogP contribution in [-0.2, 0) is 6.42 Å². The second kappa shape index (κ2) is 7.32. The van der Waals surface area contributed by atoms with Gasteiger partial charge in [0.15, 0.2) is 0 Å². The smallest absolute Gasteiger partial charge is 0.132 e. The van der Waals surface area contributed by atoms with E-state index in [0.29, 0.717) is 18.4 Å². The second-order valence-electron chi connectivity index (χ2n) is 5.22. The van der Waals surface area contributed by atoms with E-state index in [1.54, 1.807) is 6.92 Å². The molecule has 1 N–H and O–H groups in total. The van der Waals surface area contributed by atoms with Crippen molar-refractivity contribution in [2.45, 2.75) is 32.7 Å². The summed E-state index contributed by atoms with van der Waals surface area (Å²) in [5.74, 6) is -0.875. The van der Waals surface area contributed by atoms with E-state index >= 15 is 0 Å². The molecule has 0 radical (unpaired) electrons. The predicted molar refractivity (Wildman–Crippen MR) is 82.3 cm³/mol. The lowest BCUT2D eigenvalue weighted by Crippen LogP contribution is -2.21. The van der Waals surface area contributed by atoms with Crippen LogP contribution >= 0.6 is 0 Å². The van der Waals surface area contributed by atoms with Crippen LogP contribution in [0.25, 0.3) is 0 Å². The average Bonchev–Trinajstić information content (AvgIpc) is 2.51. The molecule has 2 rings (SSSR count). The van der Waals surface area contributed by atoms with Gasteiger partial charge in [-0.3, -0.25) is 0 Å². The average molecular weight is 289 g/mol. The number of benzene rings is 2. The second-order valence-corrected chi connectivity index (χ2v) is 5.22. The van der Waals surface area contributed by atoms with E-state index in [1.807, 2.05) is 37.3 Å². The molecule has 0 aliphatic rings. The zero-order valence-corrected chi connectivity index (χ0v) is 12.5. The van der Waals surface area contributed by atoms with Crippen LogP contribution < -0.4 is 5.32 Å². The molecular formula is C18H21F2N. The molecular weight excluding hydrogens is 268 g/mol. The van der Waals surface area contributed by atoms with Gasteiger partial charge in [-0.1, -0.05) is 43.3 Å². The Bertz CT molecular complexity index is 581. The van der Waals surface area contributed by atoms with E-state index in [9.17, 15) is 8.78 Å². The Morgan fingerprint density at radius 2 is 1.76 bits per heavy atom. The molecule has 0 aliphatic heterocycles. The lowest BCUT2D eigenvalue weighted by molar-refractivity contribution is 0.490. The standard InChI is InChI=1S/C18H21F2N/c1-3-21-17(14-7-5-4-6-8-14)12-10-15-16(19)11-9-13(2)18(15)20/h4-9,11,17,21H,3,10,12H2,1-2H3. The number of hydrogen-bond acceptors (Lipinski definition) is 1. The summed E-state index contributed by atoms with van der Waals surface area (Å²) < 4.78 is 27.8. The van der Waals surface area contributed by atoms with Crippen molar-refractivity contribution in [3.63, 3.8) is 0 Å². The summed E-state index contributed by atoms with van der Waals surface area (Å²) in [6, 6.07) is 12.9. The molecule has 3 heteroatoms. The van der Waals surface area contributed by atoms with Gasteiger partial charge in [-0.05, 0) is 43.5 Å². The van der Waals surface area contributed by atoms with Crippen LogP contribution in [0.2, 0.25) is 0 Å². The fourth-order valence-corrected chi connectivity index (χ4v) is 2.55. The van der Waals surface area contributed by atoms with Crippen LogP contribution in [-0.4, -0.2) is 6.54 Å². The van der Waals surface area contributed by atoms with Gasteiger partial charge in [0.2, 0.25) is 0 Å². The van der Waals surface area contributed by atoms with Crippen LogP contribution in [0.1, 0.15) is 36.1 Å². The van der Waals surface area contributed by atoms with Crippen molar-refractivity contribution in [1.82, 2.24) is 5.32 Å². The Kier molecular flexibility index (Phi) is 5.45. The molecule has 0 saturated carbocycles. The van der Waals surface area contributed by atoms with Crippen LogP contribution in [0.3, 0.4) is 0 Å². The van der Waals surface area contributed by atoms with Crippen molar-refractivity contribution in [2.24, 2.45) is 0 Å². The van der Waals surface area contributed by atoms with Gasteiger partial charge in [-0.15, -0.1) is 0 Å². The molecule has 1 atom stereocenters. The minimum atomic E-state index is -0.457. The van der Waals surface area contributed by atoms with Crippen LogP contribution in [0.15, 0.2) is 42.5 Å². The molecule has 0 spiro atoms. The third-order valence-electron chi connectivity index (χ3n) is 3.71. The first-order valence-electron chi connectivity index (χ1n) is 7.35. The molecule has 0 bridgehead atoms. The molecule has 112 valence electrons. The molecule has 2 aromatic rings. The maximum absolute atomic E-state index is 14.0. The summed E-state index contributed by atoms with van der Waals surface area (Å²) in [7, 11) is 0. The van der Waals surface area contributed by atoms with Crippen molar-refractivity contribution in [3.05, 3.63) is 70.8 Å². The Balaban J connectivity index is 2.15. The van der Waals surface area contributed by atoms with Gasteiger partial charge in [-0.2, -0.15) is 0 Å². The summed E-state index contributed by atoms with van der Waals surface area (Å²) >= 11 is 0. The fraction of sp³-hybridized carbons (Fsp3) is 0.333. The van der Waals surface area contributed by atoms with Gasteiger partial charge in [0, 0.05) is 11.6 Å². The maximum Gasteiger partial charge on any atom is 0.132 e. The quantitative estimate of drug-likeness (QED) is 0.822. The first-order chi connectivity index (χ1) is 10.1. The Morgan fingerprint density at radius 3 is 2.43 bits per heavy atom. The summed E-state index contributed by atoms with van der Waals surface area (Å²) in [5.41, 5.74) is 1.83. The van der Waals surface area contributed by atoms with Crippen molar-refractivity contribution in [3.8, 4) is 0 Å². The normalized spacial score (nSPS) is 12.4. The Morgan fingerprint density at radius 1 is 1.05 bits per heavy atom. The molecule has 0 fully saturated rings. The van der Waals surface area contributed by atoms with E-state index in [0.717, 1.165) is 12.1 Å². The molecule has 21 heavy (non-hydrogen) atoms. The summed E-state index contributed by atoms with van der Waals surface area (Å²) in [6.07, 6.45) is 1.04. The van der Waals surface area contributed by atoms with Gasteiger partial charge in [0.25, 0.3) is 0 Å². The lowest BCUT2D eigenvalue weighted by Gasteiger charge is -2.19. The zero-order chi connectivity index (χ0) is 15.2. The molecule has 1 unspecified atom stereocenters. The van der Waals surface area contributed by atoms with E-state index in [2.05, 4.69) is 5.32 Å². The summed E-state index contributed by atoms with van der Waals surface area (Å²) in [4.78, 5) is 0. The topological polar surface area (TPSA) is 12.0 Å². The third-order valence-corrected chi connectivity index (χ3v) is 3.71. The van der Waals surface area contributed by atoms with E-state index in [1.165, 1.54) is 12.1 Å². The van der Waals surface area contributed by atoms with Crippen molar-refractivity contribution < 1.29 is 8.78 Å². The summed E-state index contributed by atoms with van der Waals surface area (Å²) in [6.45, 7) is 4.51. The van der Waals surface area contributed by atoms with E-state index < -0.39 is 11.6 Å². The van der Waals surface area contributed by atoms with Crippen molar-refractivity contribution in [2.75, 3.05) is 6.54 Å². The molecule has 0 aliphatic carbocycles. The maximum atomic E-state index is 14.0. The molecule has 0 aromatic heterocycles. The van der Waals surface area contributed by atoms with Gasteiger partial charge >= 0.3 is 0 Å². The van der Waals surface area contributed by atoms with Gasteiger partial charge in [-0.25, -0.2) is 8.78 Å². The molecule has 0 amide bonds. The van der Waals surface area contributed by atoms with E-state index in [4.69, 9.17) is 0 Å². The fourth-order valence-electron chi connectivity index (χ4n) is 2.55. The molecule has 1 nitrogen and oxygen atoms in total. The number of halogens is 2. The number of nitrogens with one attached hydrogen (secondary N) is 1. The number of rotatable bonds is 6. The number of aryl methyl sites for hydroxylation is 1. The highest BCUT2D eigenvalue weighted by molar-refractivity contribution is 5.27. The van der Waals surface area contributed by atoms with Crippen molar-refractivity contribution >= 4 is 0 Å². The Labute approximate surface area is 125 Å². The third kappa shape index (κ3) is 3.88. The Hall–Kier alpha value is -1.74. The van der Waals surface area contributed by atoms with Crippen LogP contribution in [0.5, 0.6) is 0 Å². The SMILES string of the molecule is CCNC(CCc1c(F)ccc(C)c1F)c1ccccc1. The lowest BCUT2D eigenvalue weighted by atomic mass is 9.97. The van der Waals surface area contributed by atoms with Gasteiger partial charge < -0.3 is 5.32 Å². The molecule has 0 heterocycles. The highest BCUT2D eigenvalue weighted by Gasteiger charge is 2.15. The van der Waals surface area contributed by atoms with Crippen molar-refractivity contribution in [1.29, 1.82) is 0 Å². The first kappa shape index (κ1) is 15.6. The van der Waals surface area contributed by atoms with Crippen LogP contribution in [0.4, 0.5) is 8.78 Å². The molecule has 2 aromatic carbocycles.